The zero-order valence-electron chi connectivity index (χ0n) is 7.09. The predicted octanol–water partition coefficient (Wildman–Crippen LogP) is 0.104. The van der Waals surface area contributed by atoms with Crippen molar-refractivity contribution >= 4 is 23.7 Å². The normalized spacial score (nSPS) is 20.7. The Morgan fingerprint density at radius 2 is 1.91 bits per heavy atom. The van der Waals surface area contributed by atoms with E-state index in [4.69, 9.17) is 14.8 Å². The molecule has 1 rings (SSSR count). The second kappa shape index (κ2) is 4.66. The van der Waals surface area contributed by atoms with Crippen molar-refractivity contribution in [3.8, 4) is 0 Å². The van der Waals surface area contributed by atoms with Crippen LogP contribution in [0.5, 0.6) is 0 Å². The summed E-state index contributed by atoms with van der Waals surface area (Å²) in [5, 5.41) is 0. The summed E-state index contributed by atoms with van der Waals surface area (Å²) in [4.78, 5) is 0. The molecule has 0 unspecified atom stereocenters. The maximum Gasteiger partial charge on any atom is 0.620 e. The number of nitrogens with zero attached hydrogens (tertiary/aromatic N) is 2. The van der Waals surface area contributed by atoms with Gasteiger partial charge >= 0.3 is 13.7 Å². The lowest BCUT2D eigenvalue weighted by Crippen LogP contribution is -2.50. The van der Waals surface area contributed by atoms with E-state index >= 15 is 0 Å². The highest BCUT2D eigenvalue weighted by Gasteiger charge is 2.30. The summed E-state index contributed by atoms with van der Waals surface area (Å²) in [6.45, 7) is 3.67. The Hall–Kier alpha value is 0.702. The van der Waals surface area contributed by atoms with Crippen molar-refractivity contribution in [2.75, 3.05) is 40.4 Å². The van der Waals surface area contributed by atoms with E-state index in [1.807, 2.05) is 14.1 Å². The molecule has 0 aromatic carbocycles. The summed E-state index contributed by atoms with van der Waals surface area (Å²) in [6.07, 6.45) is 0. The maximum absolute atomic E-state index is 6.23. The van der Waals surface area contributed by atoms with Crippen molar-refractivity contribution < 1.29 is 4.74 Å². The van der Waals surface area contributed by atoms with Gasteiger partial charge in [-0.1, -0.05) is 0 Å². The zero-order chi connectivity index (χ0) is 8.27. The minimum atomic E-state index is -1.30. The Balaban J connectivity index is 2.32. The van der Waals surface area contributed by atoms with Crippen LogP contribution < -0.4 is 0 Å². The molecule has 5 heteroatoms. The lowest BCUT2D eigenvalue weighted by atomic mass is 10.5. The van der Waals surface area contributed by atoms with Crippen molar-refractivity contribution in [1.82, 2.24) is 7.77 Å². The second-order valence-electron chi connectivity index (χ2n) is 2.92. The first kappa shape index (κ1) is 9.79. The van der Waals surface area contributed by atoms with Crippen LogP contribution in [0.15, 0.2) is 0 Å². The van der Waals surface area contributed by atoms with Gasteiger partial charge in [0.05, 0.1) is 13.2 Å². The van der Waals surface area contributed by atoms with Crippen LogP contribution in [-0.2, 0) is 4.74 Å². The van der Waals surface area contributed by atoms with Crippen molar-refractivity contribution in [3.05, 3.63) is 0 Å². The molecule has 0 bridgehead atoms. The molecule has 0 aliphatic carbocycles. The number of hydrogen-bond donors (Lipinski definition) is 0. The molecule has 0 N–H and O–H groups in total. The fourth-order valence-electron chi connectivity index (χ4n) is 1.12. The average Bonchev–Trinajstić information content (AvgIpc) is 2.05. The second-order valence-corrected chi connectivity index (χ2v) is 6.48. The van der Waals surface area contributed by atoms with Crippen LogP contribution in [0.2, 0.25) is 0 Å². The first-order valence-electron chi connectivity index (χ1n) is 3.84. The largest absolute Gasteiger partial charge is 0.620 e. The van der Waals surface area contributed by atoms with E-state index in [1.54, 1.807) is 0 Å². The minimum Gasteiger partial charge on any atom is -0.379 e. The fourth-order valence-corrected chi connectivity index (χ4v) is 2.99. The first-order chi connectivity index (χ1) is 5.22. The molecule has 1 fully saturated rings. The smallest absolute Gasteiger partial charge is 0.379 e. The van der Waals surface area contributed by atoms with Gasteiger partial charge in [-0.15, -0.1) is 0 Å². The van der Waals surface area contributed by atoms with Crippen molar-refractivity contribution in [2.45, 2.75) is 0 Å². The highest BCUT2D eigenvalue weighted by Crippen LogP contribution is 2.05. The summed E-state index contributed by atoms with van der Waals surface area (Å²) >= 11 is -1.30. The standard InChI is InChI=1S/C4H8NO.C2H6N.Al.ClH/c1-3-6-4-2-5-1;1-3-2;;/h1-4H2;1-2H3;;1H/q2*-1;+3;/p-1. The number of ether oxygens (including phenoxy) is 1. The quantitative estimate of drug-likeness (QED) is 0.578. The predicted molar refractivity (Wildman–Crippen MR) is 47.7 cm³/mol. The maximum atomic E-state index is 6.23. The topological polar surface area (TPSA) is 15.7 Å². The van der Waals surface area contributed by atoms with Gasteiger partial charge in [-0.3, -0.25) is 0 Å². The van der Waals surface area contributed by atoms with E-state index in [-0.39, 0.29) is 0 Å². The molecule has 0 aromatic rings. The summed E-state index contributed by atoms with van der Waals surface area (Å²) in [7, 11) is 10.3. The van der Waals surface area contributed by atoms with Crippen LogP contribution >= 0.6 is 10.0 Å². The average molecular weight is 193 g/mol. The molecule has 64 valence electrons. The van der Waals surface area contributed by atoms with E-state index in [9.17, 15) is 0 Å². The summed E-state index contributed by atoms with van der Waals surface area (Å²) < 4.78 is 9.70. The third-order valence-corrected chi connectivity index (χ3v) is 5.74. The number of halogens is 1. The van der Waals surface area contributed by atoms with Crippen LogP contribution in [0.3, 0.4) is 0 Å². The molecule has 0 aromatic heterocycles. The fraction of sp³-hybridized carbons (Fsp3) is 1.00. The highest BCUT2D eigenvalue weighted by atomic mass is 35.6. The number of morpholine rings is 1. The Bertz CT molecular complexity index is 119. The molecule has 1 aliphatic rings. The molecule has 0 atom stereocenters. The van der Waals surface area contributed by atoms with E-state index in [2.05, 4.69) is 7.77 Å². The molecule has 3 nitrogen and oxygen atoms in total. The molecule has 1 aliphatic heterocycles. The van der Waals surface area contributed by atoms with Gasteiger partial charge in [-0.2, -0.15) is 0 Å². The van der Waals surface area contributed by atoms with Crippen molar-refractivity contribution in [3.63, 3.8) is 0 Å². The molecule has 0 amide bonds. The summed E-state index contributed by atoms with van der Waals surface area (Å²) in [6, 6.07) is 0. The molecule has 1 saturated heterocycles. The van der Waals surface area contributed by atoms with Crippen LogP contribution in [-0.4, -0.2) is 61.8 Å². The van der Waals surface area contributed by atoms with E-state index < -0.39 is 13.7 Å². The molecule has 0 spiro atoms. The monoisotopic (exact) mass is 192 g/mol. The third kappa shape index (κ3) is 2.91. The van der Waals surface area contributed by atoms with Crippen molar-refractivity contribution in [1.29, 1.82) is 0 Å². The van der Waals surface area contributed by atoms with Crippen molar-refractivity contribution in [2.24, 2.45) is 0 Å². The van der Waals surface area contributed by atoms with E-state index in [0.717, 1.165) is 26.3 Å². The SMILES string of the molecule is C[N](C)[Al]([Cl])[N]1CCOCC1. The van der Waals surface area contributed by atoms with Crippen LogP contribution in [0.25, 0.3) is 0 Å². The Kier molecular flexibility index (Phi) is 4.15. The van der Waals surface area contributed by atoms with E-state index in [1.165, 1.54) is 0 Å². The number of hydrogen-bond acceptors (Lipinski definition) is 3. The Morgan fingerprint density at radius 3 is 2.36 bits per heavy atom. The van der Waals surface area contributed by atoms with Gasteiger partial charge in [0.25, 0.3) is 0 Å². The van der Waals surface area contributed by atoms with Gasteiger partial charge in [0.2, 0.25) is 0 Å². The van der Waals surface area contributed by atoms with Gasteiger partial charge in [0, 0.05) is 13.1 Å². The Morgan fingerprint density at radius 1 is 1.36 bits per heavy atom. The zero-order valence-corrected chi connectivity index (χ0v) is 9.00. The Labute approximate surface area is 76.9 Å². The highest BCUT2D eigenvalue weighted by molar-refractivity contribution is 7.03. The van der Waals surface area contributed by atoms with Gasteiger partial charge in [0.15, 0.2) is 0 Å². The molecular formula is C6H14AlClN2O. The van der Waals surface area contributed by atoms with Gasteiger partial charge < -0.3 is 12.5 Å². The lowest BCUT2D eigenvalue weighted by molar-refractivity contribution is 0.0693. The molecule has 11 heavy (non-hydrogen) atoms. The van der Waals surface area contributed by atoms with Crippen LogP contribution in [0.1, 0.15) is 0 Å². The van der Waals surface area contributed by atoms with Gasteiger partial charge in [-0.05, 0) is 14.1 Å². The molecular weight excluding hydrogens is 179 g/mol. The van der Waals surface area contributed by atoms with Gasteiger partial charge in [0.1, 0.15) is 0 Å². The lowest BCUT2D eigenvalue weighted by Gasteiger charge is -2.30. The molecule has 0 saturated carbocycles. The minimum absolute atomic E-state index is 0.837. The number of rotatable bonds is 2. The molecule has 1 heterocycles. The summed E-state index contributed by atoms with van der Waals surface area (Å²) in [5.41, 5.74) is 0. The van der Waals surface area contributed by atoms with Crippen LogP contribution in [0.4, 0.5) is 0 Å². The van der Waals surface area contributed by atoms with Crippen LogP contribution in [0, 0.1) is 0 Å². The van der Waals surface area contributed by atoms with E-state index in [0.29, 0.717) is 0 Å². The third-order valence-electron chi connectivity index (χ3n) is 1.77. The molecule has 0 radical (unpaired) electrons. The summed E-state index contributed by atoms with van der Waals surface area (Å²) in [5.74, 6) is 0. The van der Waals surface area contributed by atoms with Gasteiger partial charge in [-0.25, -0.2) is 10.0 Å². The first-order valence-corrected chi connectivity index (χ1v) is 6.62.